The zero-order chi connectivity index (χ0) is 16.7. The van der Waals surface area contributed by atoms with Crippen LogP contribution in [0.1, 0.15) is 39.0 Å². The standard InChI is InChI=1S/C16H30N4O3/c1-13-6-3-4-9-19(13)11-8-17-15(21)18-14-7-5-10-20(12-14)16(22)23-2/h13-14H,3-12H2,1-2H3,(H2,17,18,21)/t13-,14+/m0/s1. The van der Waals surface area contributed by atoms with Gasteiger partial charge in [-0.05, 0) is 39.2 Å². The molecule has 2 fully saturated rings. The third-order valence-corrected chi connectivity index (χ3v) is 4.81. The number of amides is 3. The van der Waals surface area contributed by atoms with Crippen molar-refractivity contribution in [2.24, 2.45) is 0 Å². The summed E-state index contributed by atoms with van der Waals surface area (Å²) in [6, 6.07) is 0.462. The molecule has 2 aliphatic rings. The number of nitrogens with zero attached hydrogens (tertiary/aromatic N) is 2. The highest BCUT2D eigenvalue weighted by Gasteiger charge is 2.25. The molecule has 2 atom stereocenters. The van der Waals surface area contributed by atoms with Crippen LogP contribution in [0.4, 0.5) is 9.59 Å². The number of nitrogens with one attached hydrogen (secondary N) is 2. The summed E-state index contributed by atoms with van der Waals surface area (Å²) in [6.45, 7) is 6.14. The zero-order valence-electron chi connectivity index (χ0n) is 14.3. The summed E-state index contributed by atoms with van der Waals surface area (Å²) in [5.74, 6) is 0. The van der Waals surface area contributed by atoms with Gasteiger partial charge in [0.1, 0.15) is 0 Å². The second-order valence-electron chi connectivity index (χ2n) is 6.54. The summed E-state index contributed by atoms with van der Waals surface area (Å²) in [7, 11) is 1.38. The summed E-state index contributed by atoms with van der Waals surface area (Å²) in [5, 5.41) is 5.89. The van der Waals surface area contributed by atoms with Crippen LogP contribution in [-0.4, -0.2) is 73.8 Å². The van der Waals surface area contributed by atoms with Crippen LogP contribution in [0.5, 0.6) is 0 Å². The van der Waals surface area contributed by atoms with Crippen LogP contribution in [0.15, 0.2) is 0 Å². The molecule has 2 aliphatic heterocycles. The molecular formula is C16H30N4O3. The first kappa shape index (κ1) is 17.8. The van der Waals surface area contributed by atoms with Gasteiger partial charge in [-0.2, -0.15) is 0 Å². The molecule has 0 spiro atoms. The highest BCUT2D eigenvalue weighted by Crippen LogP contribution is 2.15. The summed E-state index contributed by atoms with van der Waals surface area (Å²) >= 11 is 0. The number of carbonyl (C=O) groups is 2. The van der Waals surface area contributed by atoms with E-state index in [0.717, 1.165) is 25.9 Å². The van der Waals surface area contributed by atoms with Crippen molar-refractivity contribution < 1.29 is 14.3 Å². The largest absolute Gasteiger partial charge is 0.453 e. The summed E-state index contributed by atoms with van der Waals surface area (Å²) < 4.78 is 4.74. The maximum absolute atomic E-state index is 12.0. The second-order valence-corrected chi connectivity index (χ2v) is 6.54. The maximum Gasteiger partial charge on any atom is 0.409 e. The van der Waals surface area contributed by atoms with Crippen LogP contribution in [0.3, 0.4) is 0 Å². The molecular weight excluding hydrogens is 296 g/mol. The minimum absolute atomic E-state index is 0.00300. The quantitative estimate of drug-likeness (QED) is 0.819. The molecule has 0 aromatic heterocycles. The highest BCUT2D eigenvalue weighted by molar-refractivity contribution is 5.74. The van der Waals surface area contributed by atoms with E-state index in [1.54, 1.807) is 4.90 Å². The maximum atomic E-state index is 12.0. The van der Waals surface area contributed by atoms with Crippen molar-refractivity contribution in [1.82, 2.24) is 20.4 Å². The Bertz CT molecular complexity index is 405. The number of ether oxygens (including phenoxy) is 1. The van der Waals surface area contributed by atoms with Crippen molar-refractivity contribution >= 4 is 12.1 Å². The zero-order valence-corrected chi connectivity index (χ0v) is 14.3. The number of hydrogen-bond donors (Lipinski definition) is 2. The van der Waals surface area contributed by atoms with Gasteiger partial charge in [0.15, 0.2) is 0 Å². The van der Waals surface area contributed by atoms with Crippen molar-refractivity contribution in [2.75, 3.05) is 39.8 Å². The van der Waals surface area contributed by atoms with E-state index in [-0.39, 0.29) is 18.2 Å². The Hall–Kier alpha value is -1.50. The van der Waals surface area contributed by atoms with E-state index in [9.17, 15) is 9.59 Å². The Morgan fingerprint density at radius 1 is 1.17 bits per heavy atom. The van der Waals surface area contributed by atoms with Crippen LogP contribution in [0, 0.1) is 0 Å². The molecule has 0 aliphatic carbocycles. The molecule has 132 valence electrons. The van der Waals surface area contributed by atoms with Gasteiger partial charge in [0, 0.05) is 38.3 Å². The topological polar surface area (TPSA) is 73.9 Å². The smallest absolute Gasteiger partial charge is 0.409 e. The average molecular weight is 326 g/mol. The lowest BCUT2D eigenvalue weighted by atomic mass is 10.0. The average Bonchev–Trinajstić information content (AvgIpc) is 2.56. The molecule has 3 amide bonds. The first-order chi connectivity index (χ1) is 11.1. The minimum atomic E-state index is -0.323. The normalized spacial score (nSPS) is 25.7. The van der Waals surface area contributed by atoms with E-state index in [1.165, 1.54) is 26.4 Å². The van der Waals surface area contributed by atoms with Crippen molar-refractivity contribution in [3.05, 3.63) is 0 Å². The molecule has 7 nitrogen and oxygen atoms in total. The van der Waals surface area contributed by atoms with Crippen LogP contribution >= 0.6 is 0 Å². The first-order valence-electron chi connectivity index (χ1n) is 8.71. The van der Waals surface area contributed by atoms with Crippen LogP contribution < -0.4 is 10.6 Å². The molecule has 0 bridgehead atoms. The van der Waals surface area contributed by atoms with E-state index in [2.05, 4.69) is 22.5 Å². The lowest BCUT2D eigenvalue weighted by Gasteiger charge is -2.33. The van der Waals surface area contributed by atoms with Gasteiger partial charge in [0.05, 0.1) is 7.11 Å². The number of hydrogen-bond acceptors (Lipinski definition) is 4. The molecule has 2 rings (SSSR count). The predicted molar refractivity (Wildman–Crippen MR) is 88.4 cm³/mol. The number of methoxy groups -OCH3 is 1. The Morgan fingerprint density at radius 3 is 2.74 bits per heavy atom. The van der Waals surface area contributed by atoms with E-state index in [4.69, 9.17) is 4.74 Å². The molecule has 2 saturated heterocycles. The third kappa shape index (κ3) is 5.57. The lowest BCUT2D eigenvalue weighted by Crippen LogP contribution is -2.52. The number of rotatable bonds is 4. The predicted octanol–water partition coefficient (Wildman–Crippen LogP) is 1.39. The molecule has 0 aromatic rings. The van der Waals surface area contributed by atoms with E-state index in [1.807, 2.05) is 0 Å². The van der Waals surface area contributed by atoms with E-state index >= 15 is 0 Å². The minimum Gasteiger partial charge on any atom is -0.453 e. The molecule has 0 radical (unpaired) electrons. The van der Waals surface area contributed by atoms with Crippen LogP contribution in [0.25, 0.3) is 0 Å². The van der Waals surface area contributed by atoms with Crippen LogP contribution in [-0.2, 0) is 4.74 Å². The van der Waals surface area contributed by atoms with Gasteiger partial charge in [0.25, 0.3) is 0 Å². The second kappa shape index (κ2) is 8.96. The number of carbonyl (C=O) groups excluding carboxylic acids is 2. The van der Waals surface area contributed by atoms with Crippen molar-refractivity contribution in [1.29, 1.82) is 0 Å². The molecule has 0 unspecified atom stereocenters. The Labute approximate surface area is 138 Å². The summed E-state index contributed by atoms with van der Waals surface area (Å²) in [4.78, 5) is 27.6. The molecule has 2 N–H and O–H groups in total. The van der Waals surface area contributed by atoms with Gasteiger partial charge >= 0.3 is 12.1 Å². The number of piperidine rings is 2. The van der Waals surface area contributed by atoms with Gasteiger partial charge in [-0.3, -0.25) is 4.90 Å². The number of urea groups is 1. The Morgan fingerprint density at radius 2 is 2.00 bits per heavy atom. The summed E-state index contributed by atoms with van der Waals surface area (Å²) in [6.07, 6.45) is 5.26. The van der Waals surface area contributed by atoms with Gasteiger partial charge in [-0.15, -0.1) is 0 Å². The molecule has 2 heterocycles. The fourth-order valence-corrected chi connectivity index (χ4v) is 3.43. The highest BCUT2D eigenvalue weighted by atomic mass is 16.5. The number of likely N-dealkylation sites (tertiary alicyclic amines) is 2. The third-order valence-electron chi connectivity index (χ3n) is 4.81. The van der Waals surface area contributed by atoms with E-state index in [0.29, 0.717) is 25.7 Å². The monoisotopic (exact) mass is 326 g/mol. The molecule has 7 heteroatoms. The fourth-order valence-electron chi connectivity index (χ4n) is 3.43. The Balaban J connectivity index is 1.65. The van der Waals surface area contributed by atoms with Crippen LogP contribution in [0.2, 0.25) is 0 Å². The SMILES string of the molecule is COC(=O)N1CCC[C@@H](NC(=O)NCCN2CCCC[C@@H]2C)C1. The van der Waals surface area contributed by atoms with Gasteiger partial charge < -0.3 is 20.3 Å². The molecule has 0 saturated carbocycles. The van der Waals surface area contributed by atoms with E-state index < -0.39 is 0 Å². The summed E-state index contributed by atoms with van der Waals surface area (Å²) in [5.41, 5.74) is 0. The van der Waals surface area contributed by atoms with Crippen molar-refractivity contribution in [3.8, 4) is 0 Å². The van der Waals surface area contributed by atoms with Gasteiger partial charge in [-0.1, -0.05) is 6.42 Å². The fraction of sp³-hybridized carbons (Fsp3) is 0.875. The van der Waals surface area contributed by atoms with Crippen molar-refractivity contribution in [2.45, 2.75) is 51.1 Å². The lowest BCUT2D eigenvalue weighted by molar-refractivity contribution is 0.108. The first-order valence-corrected chi connectivity index (χ1v) is 8.71. The Kier molecular flexibility index (Phi) is 6.95. The van der Waals surface area contributed by atoms with Crippen molar-refractivity contribution in [3.63, 3.8) is 0 Å². The van der Waals surface area contributed by atoms with Gasteiger partial charge in [0.2, 0.25) is 0 Å². The molecule has 23 heavy (non-hydrogen) atoms. The molecule has 0 aromatic carbocycles. The van der Waals surface area contributed by atoms with Gasteiger partial charge in [-0.25, -0.2) is 9.59 Å².